The second-order valence-electron chi connectivity index (χ2n) is 6.39. The van der Waals surface area contributed by atoms with E-state index in [4.69, 9.17) is 4.74 Å². The minimum atomic E-state index is -3.67. The first-order valence-corrected chi connectivity index (χ1v) is 9.85. The number of nitrogens with zero attached hydrogens (tertiary/aromatic N) is 1. The lowest BCUT2D eigenvalue weighted by Gasteiger charge is -2.38. The molecule has 0 aliphatic carbocycles. The molecule has 5 nitrogen and oxygen atoms in total. The van der Waals surface area contributed by atoms with Crippen LogP contribution in [0.4, 0.5) is 0 Å². The molecule has 0 amide bonds. The Kier molecular flexibility index (Phi) is 4.09. The average molecular weight is 357 g/mol. The molecule has 2 aromatic rings. The highest BCUT2D eigenvalue weighted by molar-refractivity contribution is 7.89. The van der Waals surface area contributed by atoms with Gasteiger partial charge in [-0.05, 0) is 36.1 Å². The van der Waals surface area contributed by atoms with Crippen LogP contribution >= 0.6 is 0 Å². The van der Waals surface area contributed by atoms with Gasteiger partial charge in [0.1, 0.15) is 6.10 Å². The highest BCUT2D eigenvalue weighted by Crippen LogP contribution is 2.40. The first-order valence-electron chi connectivity index (χ1n) is 8.41. The van der Waals surface area contributed by atoms with Crippen molar-refractivity contribution in [2.24, 2.45) is 0 Å². The van der Waals surface area contributed by atoms with Gasteiger partial charge in [0.2, 0.25) is 10.0 Å². The smallest absolute Gasteiger partial charge is 0.306 e. The van der Waals surface area contributed by atoms with Crippen LogP contribution in [0.2, 0.25) is 0 Å². The number of hydrogen-bond donors (Lipinski definition) is 0. The zero-order valence-corrected chi connectivity index (χ0v) is 14.5. The number of cyclic esters (lactones) is 1. The summed E-state index contributed by atoms with van der Waals surface area (Å²) >= 11 is 0. The maximum atomic E-state index is 13.2. The number of carbonyl (C=O) groups is 1. The van der Waals surface area contributed by atoms with Crippen molar-refractivity contribution in [1.82, 2.24) is 4.31 Å². The third-order valence-corrected chi connectivity index (χ3v) is 6.80. The Morgan fingerprint density at radius 1 is 0.960 bits per heavy atom. The molecule has 0 spiro atoms. The van der Waals surface area contributed by atoms with Crippen LogP contribution in [-0.2, 0) is 26.0 Å². The molecule has 1 saturated heterocycles. The Labute approximate surface area is 147 Å². The average Bonchev–Trinajstić information content (AvgIpc) is 3.07. The number of carbonyl (C=O) groups excluding carboxylic acids is 1. The summed E-state index contributed by atoms with van der Waals surface area (Å²) in [6, 6.07) is 15.8. The highest BCUT2D eigenvalue weighted by atomic mass is 32.2. The van der Waals surface area contributed by atoms with Crippen molar-refractivity contribution < 1.29 is 17.9 Å². The van der Waals surface area contributed by atoms with Crippen LogP contribution < -0.4 is 0 Å². The lowest BCUT2D eigenvalue weighted by Crippen LogP contribution is -2.45. The topological polar surface area (TPSA) is 63.7 Å². The van der Waals surface area contributed by atoms with Crippen molar-refractivity contribution in [3.63, 3.8) is 0 Å². The van der Waals surface area contributed by atoms with Crippen LogP contribution in [0, 0.1) is 0 Å². The molecule has 25 heavy (non-hydrogen) atoms. The van der Waals surface area contributed by atoms with Gasteiger partial charge in [-0.25, -0.2) is 8.42 Å². The summed E-state index contributed by atoms with van der Waals surface area (Å²) in [7, 11) is -3.67. The van der Waals surface area contributed by atoms with Gasteiger partial charge >= 0.3 is 5.97 Å². The largest absolute Gasteiger partial charge is 0.460 e. The Morgan fingerprint density at radius 3 is 2.40 bits per heavy atom. The molecule has 2 heterocycles. The van der Waals surface area contributed by atoms with Crippen LogP contribution in [0.3, 0.4) is 0 Å². The van der Waals surface area contributed by atoms with Crippen LogP contribution in [0.5, 0.6) is 0 Å². The summed E-state index contributed by atoms with van der Waals surface area (Å²) in [4.78, 5) is 11.9. The monoisotopic (exact) mass is 357 g/mol. The second kappa shape index (κ2) is 6.28. The molecule has 1 fully saturated rings. The summed E-state index contributed by atoms with van der Waals surface area (Å²) in [6.45, 7) is 0.382. The Morgan fingerprint density at radius 2 is 1.68 bits per heavy atom. The number of benzene rings is 2. The molecule has 2 atom stereocenters. The molecule has 0 radical (unpaired) electrons. The fourth-order valence-electron chi connectivity index (χ4n) is 3.73. The predicted octanol–water partition coefficient (Wildman–Crippen LogP) is 2.68. The fraction of sp³-hybridized carbons (Fsp3) is 0.316. The van der Waals surface area contributed by atoms with E-state index in [1.807, 2.05) is 24.3 Å². The molecular formula is C19H19NO4S. The van der Waals surface area contributed by atoms with E-state index in [0.29, 0.717) is 25.8 Å². The van der Waals surface area contributed by atoms with Gasteiger partial charge in [-0.1, -0.05) is 42.5 Å². The van der Waals surface area contributed by atoms with Crippen molar-refractivity contribution in [1.29, 1.82) is 0 Å². The third-order valence-electron chi connectivity index (χ3n) is 4.90. The van der Waals surface area contributed by atoms with Gasteiger partial charge in [0.05, 0.1) is 10.9 Å². The molecule has 2 aliphatic rings. The summed E-state index contributed by atoms with van der Waals surface area (Å²) < 4.78 is 33.4. The minimum Gasteiger partial charge on any atom is -0.460 e. The van der Waals surface area contributed by atoms with E-state index in [1.54, 1.807) is 30.3 Å². The van der Waals surface area contributed by atoms with Crippen molar-refractivity contribution >= 4 is 16.0 Å². The zero-order chi connectivity index (χ0) is 17.4. The number of fused-ring (bicyclic) bond motifs is 1. The molecule has 0 aromatic heterocycles. The van der Waals surface area contributed by atoms with Crippen LogP contribution in [-0.4, -0.2) is 31.3 Å². The van der Waals surface area contributed by atoms with E-state index in [1.165, 1.54) is 4.31 Å². The van der Waals surface area contributed by atoms with E-state index in [-0.39, 0.29) is 10.9 Å². The molecule has 2 aliphatic heterocycles. The lowest BCUT2D eigenvalue weighted by molar-refractivity contribution is -0.143. The predicted molar refractivity (Wildman–Crippen MR) is 92.3 cm³/mol. The Balaban J connectivity index is 1.80. The molecular weight excluding hydrogens is 338 g/mol. The first kappa shape index (κ1) is 16.3. The Bertz CT molecular complexity index is 895. The van der Waals surface area contributed by atoms with Crippen molar-refractivity contribution in [3.8, 4) is 0 Å². The molecule has 2 unspecified atom stereocenters. The molecule has 130 valence electrons. The lowest BCUT2D eigenvalue weighted by atomic mass is 9.90. The van der Waals surface area contributed by atoms with E-state index in [9.17, 15) is 13.2 Å². The third kappa shape index (κ3) is 2.85. The molecule has 6 heteroatoms. The van der Waals surface area contributed by atoms with Gasteiger partial charge < -0.3 is 4.74 Å². The summed E-state index contributed by atoms with van der Waals surface area (Å²) in [5.74, 6) is -0.259. The molecule has 4 rings (SSSR count). The standard InChI is InChI=1S/C19H19NO4S/c21-18-11-10-17(24-18)19-16-9-5-4-6-14(16)12-13-20(19)25(22,23)15-7-2-1-3-8-15/h1-9,17,19H,10-13H2. The quantitative estimate of drug-likeness (QED) is 0.793. The van der Waals surface area contributed by atoms with Gasteiger partial charge in [0, 0.05) is 13.0 Å². The molecule has 2 aromatic carbocycles. The minimum absolute atomic E-state index is 0.259. The number of hydrogen-bond acceptors (Lipinski definition) is 4. The first-order chi connectivity index (χ1) is 12.1. The number of rotatable bonds is 3. The van der Waals surface area contributed by atoms with E-state index in [2.05, 4.69) is 0 Å². The summed E-state index contributed by atoms with van der Waals surface area (Å²) in [5, 5.41) is 0. The second-order valence-corrected chi connectivity index (χ2v) is 8.28. The number of ether oxygens (including phenoxy) is 1. The summed E-state index contributed by atoms with van der Waals surface area (Å²) in [6.07, 6.45) is 1.09. The van der Waals surface area contributed by atoms with Gasteiger partial charge in [0.25, 0.3) is 0 Å². The fourth-order valence-corrected chi connectivity index (χ4v) is 5.38. The van der Waals surface area contributed by atoms with Crippen LogP contribution in [0.25, 0.3) is 0 Å². The SMILES string of the molecule is O=C1CCC(C2c3ccccc3CCN2S(=O)(=O)c2ccccc2)O1. The Hall–Kier alpha value is -2.18. The van der Waals surface area contributed by atoms with Crippen molar-refractivity contribution in [3.05, 3.63) is 65.7 Å². The molecule has 0 N–H and O–H groups in total. The highest BCUT2D eigenvalue weighted by Gasteiger charge is 2.44. The van der Waals surface area contributed by atoms with Crippen LogP contribution in [0.15, 0.2) is 59.5 Å². The van der Waals surface area contributed by atoms with E-state index in [0.717, 1.165) is 11.1 Å². The normalized spacial score (nSPS) is 23.9. The van der Waals surface area contributed by atoms with Crippen LogP contribution in [0.1, 0.15) is 30.0 Å². The maximum absolute atomic E-state index is 13.2. The van der Waals surface area contributed by atoms with E-state index >= 15 is 0 Å². The number of esters is 1. The van der Waals surface area contributed by atoms with Gasteiger partial charge in [0.15, 0.2) is 0 Å². The van der Waals surface area contributed by atoms with Gasteiger partial charge in [-0.2, -0.15) is 4.31 Å². The van der Waals surface area contributed by atoms with Gasteiger partial charge in [-0.15, -0.1) is 0 Å². The van der Waals surface area contributed by atoms with E-state index < -0.39 is 22.2 Å². The molecule has 0 bridgehead atoms. The summed E-state index contributed by atoms with van der Waals surface area (Å²) in [5.41, 5.74) is 2.06. The van der Waals surface area contributed by atoms with Gasteiger partial charge in [-0.3, -0.25) is 4.79 Å². The number of sulfonamides is 1. The van der Waals surface area contributed by atoms with Crippen molar-refractivity contribution in [2.75, 3.05) is 6.54 Å². The maximum Gasteiger partial charge on any atom is 0.306 e. The zero-order valence-electron chi connectivity index (χ0n) is 13.7. The van der Waals surface area contributed by atoms with Crippen molar-refractivity contribution in [2.45, 2.75) is 36.3 Å². The molecule has 0 saturated carbocycles.